The minimum atomic E-state index is -0.0720. The molecule has 4 rings (SSSR count). The maximum Gasteiger partial charge on any atom is 0.222 e. The molecule has 27 heavy (non-hydrogen) atoms. The Balaban J connectivity index is 1.33. The van der Waals surface area contributed by atoms with E-state index in [1.807, 2.05) is 24.3 Å². The minimum absolute atomic E-state index is 0.0720. The number of hydrogen-bond acceptors (Lipinski definition) is 4. The summed E-state index contributed by atoms with van der Waals surface area (Å²) >= 11 is 0. The first-order valence-electron chi connectivity index (χ1n) is 9.64. The lowest BCUT2D eigenvalue weighted by Gasteiger charge is -2.31. The van der Waals surface area contributed by atoms with E-state index >= 15 is 0 Å². The van der Waals surface area contributed by atoms with Gasteiger partial charge in [-0.15, -0.1) is 0 Å². The Labute approximate surface area is 160 Å². The number of benzene rings is 2. The smallest absolute Gasteiger partial charge is 0.222 e. The minimum Gasteiger partial charge on any atom is -0.485 e. The summed E-state index contributed by atoms with van der Waals surface area (Å²) in [5.41, 5.74) is 2.42. The molecule has 2 aromatic carbocycles. The van der Waals surface area contributed by atoms with Crippen molar-refractivity contribution in [3.05, 3.63) is 59.7 Å². The van der Waals surface area contributed by atoms with E-state index in [1.165, 1.54) is 5.56 Å². The molecule has 2 aliphatic rings. The van der Waals surface area contributed by atoms with Crippen LogP contribution in [0.3, 0.4) is 0 Å². The third-order valence-electron chi connectivity index (χ3n) is 5.47. The molecule has 1 N–H and O–H groups in total. The SMILES string of the molecule is CNC(=O)C1CCN(Cc2ccc(C3COc4ccccc4O3)cc2)CC1. The van der Waals surface area contributed by atoms with Crippen molar-refractivity contribution in [1.29, 1.82) is 0 Å². The Morgan fingerprint density at radius 1 is 1.07 bits per heavy atom. The van der Waals surface area contributed by atoms with E-state index < -0.39 is 0 Å². The summed E-state index contributed by atoms with van der Waals surface area (Å²) in [6.07, 6.45) is 1.80. The van der Waals surface area contributed by atoms with Gasteiger partial charge in [0.1, 0.15) is 6.61 Å². The Morgan fingerprint density at radius 3 is 2.48 bits per heavy atom. The first-order valence-corrected chi connectivity index (χ1v) is 9.64. The molecule has 0 aromatic heterocycles. The van der Waals surface area contributed by atoms with E-state index in [9.17, 15) is 4.79 Å². The lowest BCUT2D eigenvalue weighted by molar-refractivity contribution is -0.125. The fourth-order valence-electron chi connectivity index (χ4n) is 3.84. The van der Waals surface area contributed by atoms with Gasteiger partial charge in [0.15, 0.2) is 17.6 Å². The summed E-state index contributed by atoms with van der Waals surface area (Å²) in [5, 5.41) is 2.76. The average molecular weight is 366 g/mol. The molecule has 5 nitrogen and oxygen atoms in total. The number of para-hydroxylation sites is 2. The van der Waals surface area contributed by atoms with Gasteiger partial charge in [-0.1, -0.05) is 36.4 Å². The van der Waals surface area contributed by atoms with Gasteiger partial charge in [0.2, 0.25) is 5.91 Å². The zero-order valence-corrected chi connectivity index (χ0v) is 15.7. The monoisotopic (exact) mass is 366 g/mol. The van der Waals surface area contributed by atoms with Crippen LogP contribution in [-0.2, 0) is 11.3 Å². The van der Waals surface area contributed by atoms with Crippen molar-refractivity contribution in [2.75, 3.05) is 26.7 Å². The fourth-order valence-corrected chi connectivity index (χ4v) is 3.84. The van der Waals surface area contributed by atoms with Crippen LogP contribution >= 0.6 is 0 Å². The highest BCUT2D eigenvalue weighted by molar-refractivity contribution is 5.78. The first kappa shape index (κ1) is 17.9. The molecule has 1 unspecified atom stereocenters. The largest absolute Gasteiger partial charge is 0.485 e. The molecule has 2 heterocycles. The molecule has 142 valence electrons. The highest BCUT2D eigenvalue weighted by Gasteiger charge is 2.25. The van der Waals surface area contributed by atoms with Crippen LogP contribution in [0.2, 0.25) is 0 Å². The van der Waals surface area contributed by atoms with Gasteiger partial charge >= 0.3 is 0 Å². The van der Waals surface area contributed by atoms with E-state index in [2.05, 4.69) is 34.5 Å². The summed E-state index contributed by atoms with van der Waals surface area (Å²) < 4.78 is 11.9. The van der Waals surface area contributed by atoms with Crippen molar-refractivity contribution in [2.24, 2.45) is 5.92 Å². The molecular weight excluding hydrogens is 340 g/mol. The molecule has 0 spiro atoms. The normalized spacial score (nSPS) is 20.3. The van der Waals surface area contributed by atoms with Crippen LogP contribution in [-0.4, -0.2) is 37.6 Å². The first-order chi connectivity index (χ1) is 13.2. The molecule has 0 saturated carbocycles. The molecule has 0 bridgehead atoms. The van der Waals surface area contributed by atoms with Gasteiger partial charge in [-0.05, 0) is 49.2 Å². The zero-order valence-electron chi connectivity index (χ0n) is 15.7. The number of amides is 1. The highest BCUT2D eigenvalue weighted by Crippen LogP contribution is 2.35. The molecule has 2 aliphatic heterocycles. The lowest BCUT2D eigenvalue weighted by atomic mass is 9.95. The molecule has 0 aliphatic carbocycles. The van der Waals surface area contributed by atoms with E-state index in [0.717, 1.165) is 49.5 Å². The molecule has 0 radical (unpaired) electrons. The Morgan fingerprint density at radius 2 is 1.78 bits per heavy atom. The van der Waals surface area contributed by atoms with Crippen molar-refractivity contribution >= 4 is 5.91 Å². The third-order valence-corrected chi connectivity index (χ3v) is 5.47. The second-order valence-electron chi connectivity index (χ2n) is 7.27. The van der Waals surface area contributed by atoms with Crippen LogP contribution in [0.1, 0.15) is 30.1 Å². The quantitative estimate of drug-likeness (QED) is 0.903. The van der Waals surface area contributed by atoms with Crippen LogP contribution in [0, 0.1) is 5.92 Å². The summed E-state index contributed by atoms with van der Waals surface area (Å²) in [6.45, 7) is 3.39. The van der Waals surface area contributed by atoms with E-state index in [1.54, 1.807) is 7.05 Å². The summed E-state index contributed by atoms with van der Waals surface area (Å²) in [7, 11) is 1.72. The lowest BCUT2D eigenvalue weighted by Crippen LogP contribution is -2.39. The second-order valence-corrected chi connectivity index (χ2v) is 7.27. The predicted molar refractivity (Wildman–Crippen MR) is 104 cm³/mol. The molecular formula is C22H26N2O3. The average Bonchev–Trinajstić information content (AvgIpc) is 2.74. The topological polar surface area (TPSA) is 50.8 Å². The summed E-state index contributed by atoms with van der Waals surface area (Å²) in [4.78, 5) is 14.2. The maximum atomic E-state index is 11.7. The van der Waals surface area contributed by atoms with E-state index in [-0.39, 0.29) is 17.9 Å². The van der Waals surface area contributed by atoms with Gasteiger partial charge in [-0.3, -0.25) is 9.69 Å². The van der Waals surface area contributed by atoms with Gasteiger partial charge in [-0.25, -0.2) is 0 Å². The fraction of sp³-hybridized carbons (Fsp3) is 0.409. The number of nitrogens with one attached hydrogen (secondary N) is 1. The van der Waals surface area contributed by atoms with Crippen molar-refractivity contribution in [3.63, 3.8) is 0 Å². The van der Waals surface area contributed by atoms with Crippen molar-refractivity contribution < 1.29 is 14.3 Å². The number of carbonyl (C=O) groups excluding carboxylic acids is 1. The molecule has 5 heteroatoms. The number of fused-ring (bicyclic) bond motifs is 1. The van der Waals surface area contributed by atoms with Crippen LogP contribution in [0.5, 0.6) is 11.5 Å². The van der Waals surface area contributed by atoms with E-state index in [0.29, 0.717) is 6.61 Å². The van der Waals surface area contributed by atoms with Crippen LogP contribution in [0.15, 0.2) is 48.5 Å². The second kappa shape index (κ2) is 8.01. The third kappa shape index (κ3) is 4.08. The molecule has 1 amide bonds. The maximum absolute atomic E-state index is 11.7. The van der Waals surface area contributed by atoms with Gasteiger partial charge in [-0.2, -0.15) is 0 Å². The summed E-state index contributed by atoms with van der Waals surface area (Å²) in [5.74, 6) is 1.96. The van der Waals surface area contributed by atoms with Crippen LogP contribution < -0.4 is 14.8 Å². The number of likely N-dealkylation sites (tertiary alicyclic amines) is 1. The van der Waals surface area contributed by atoms with Gasteiger partial charge in [0, 0.05) is 19.5 Å². The Hall–Kier alpha value is -2.53. The van der Waals surface area contributed by atoms with Crippen LogP contribution in [0.25, 0.3) is 0 Å². The highest BCUT2D eigenvalue weighted by atomic mass is 16.6. The number of ether oxygens (including phenoxy) is 2. The van der Waals surface area contributed by atoms with E-state index in [4.69, 9.17) is 9.47 Å². The van der Waals surface area contributed by atoms with Gasteiger partial charge in [0.05, 0.1) is 0 Å². The number of piperidine rings is 1. The zero-order chi connectivity index (χ0) is 18.6. The molecule has 1 saturated heterocycles. The number of nitrogens with zero attached hydrogens (tertiary/aromatic N) is 1. The standard InChI is InChI=1S/C22H26N2O3/c1-23-22(25)18-10-12-24(13-11-18)14-16-6-8-17(9-7-16)21-15-26-19-4-2-3-5-20(19)27-21/h2-9,18,21H,10-15H2,1H3,(H,23,25). The van der Waals surface area contributed by atoms with Crippen molar-refractivity contribution in [1.82, 2.24) is 10.2 Å². The Kier molecular flexibility index (Phi) is 5.30. The molecule has 2 aromatic rings. The van der Waals surface area contributed by atoms with Crippen molar-refractivity contribution in [3.8, 4) is 11.5 Å². The molecule has 1 atom stereocenters. The van der Waals surface area contributed by atoms with Crippen LogP contribution in [0.4, 0.5) is 0 Å². The predicted octanol–water partition coefficient (Wildman–Crippen LogP) is 3.16. The Bertz CT molecular complexity index is 782. The molecule has 1 fully saturated rings. The number of carbonyl (C=O) groups is 1. The summed E-state index contributed by atoms with van der Waals surface area (Å²) in [6, 6.07) is 16.4. The van der Waals surface area contributed by atoms with Gasteiger partial charge < -0.3 is 14.8 Å². The number of hydrogen-bond donors (Lipinski definition) is 1. The van der Waals surface area contributed by atoms with Gasteiger partial charge in [0.25, 0.3) is 0 Å². The number of rotatable bonds is 4. The van der Waals surface area contributed by atoms with Crippen molar-refractivity contribution in [2.45, 2.75) is 25.5 Å².